The Morgan fingerprint density at radius 2 is 1.68 bits per heavy atom. The summed E-state index contributed by atoms with van der Waals surface area (Å²) in [5.74, 6) is 2.33. The van der Waals surface area contributed by atoms with E-state index in [2.05, 4.69) is 19.9 Å². The van der Waals surface area contributed by atoms with Crippen LogP contribution in [-0.4, -0.2) is 28.2 Å². The second-order valence-corrected chi connectivity index (χ2v) is 10.2. The summed E-state index contributed by atoms with van der Waals surface area (Å²) in [6.07, 6.45) is 12.8. The van der Waals surface area contributed by atoms with Crippen LogP contribution in [0.1, 0.15) is 78.1 Å². The molecule has 0 aromatic rings. The van der Waals surface area contributed by atoms with Gasteiger partial charge in [-0.05, 0) is 86.4 Å². The van der Waals surface area contributed by atoms with Gasteiger partial charge < -0.3 is 14.9 Å². The Morgan fingerprint density at radius 3 is 2.44 bits per heavy atom. The first kappa shape index (κ1) is 16.8. The fraction of sp³-hybridized carbons (Fsp3) is 0.909. The van der Waals surface area contributed by atoms with Crippen LogP contribution in [0.4, 0.5) is 0 Å². The summed E-state index contributed by atoms with van der Waals surface area (Å²) in [5, 5.41) is 20.2. The first-order chi connectivity index (χ1) is 11.9. The van der Waals surface area contributed by atoms with Crippen molar-refractivity contribution in [3.8, 4) is 0 Å². The van der Waals surface area contributed by atoms with Crippen LogP contribution in [0.15, 0.2) is 11.6 Å². The Bertz CT molecular complexity index is 600. The lowest BCUT2D eigenvalue weighted by Gasteiger charge is -2.59. The maximum absolute atomic E-state index is 10.1. The van der Waals surface area contributed by atoms with Crippen LogP contribution < -0.4 is 0 Å². The van der Waals surface area contributed by atoms with Gasteiger partial charge in [-0.1, -0.05) is 25.5 Å². The molecule has 4 aliphatic carbocycles. The fourth-order valence-electron chi connectivity index (χ4n) is 8.14. The van der Waals surface area contributed by atoms with Gasteiger partial charge in [-0.15, -0.1) is 0 Å². The molecule has 3 heteroatoms. The zero-order valence-electron chi connectivity index (χ0n) is 15.8. The molecular formula is C22H34O3. The second kappa shape index (κ2) is 5.33. The van der Waals surface area contributed by atoms with Crippen molar-refractivity contribution in [1.29, 1.82) is 0 Å². The number of hydrogen-bond donors (Lipinski definition) is 2. The van der Waals surface area contributed by atoms with E-state index >= 15 is 0 Å². The van der Waals surface area contributed by atoms with Crippen LogP contribution in [0.3, 0.4) is 0 Å². The van der Waals surface area contributed by atoms with Gasteiger partial charge in [0.05, 0.1) is 11.7 Å². The van der Waals surface area contributed by atoms with E-state index in [1.165, 1.54) is 32.1 Å². The number of fused-ring (bicyclic) bond motifs is 6. The molecule has 0 aromatic heterocycles. The van der Waals surface area contributed by atoms with Crippen molar-refractivity contribution < 1.29 is 14.9 Å². The van der Waals surface area contributed by atoms with Gasteiger partial charge in [0, 0.05) is 6.42 Å². The van der Waals surface area contributed by atoms with Crippen molar-refractivity contribution in [3.63, 3.8) is 0 Å². The summed E-state index contributed by atoms with van der Waals surface area (Å²) >= 11 is 0. The van der Waals surface area contributed by atoms with Crippen LogP contribution in [-0.2, 0) is 4.74 Å². The topological polar surface area (TPSA) is 49.7 Å². The predicted octanol–water partition coefficient (Wildman–Crippen LogP) is 4.18. The summed E-state index contributed by atoms with van der Waals surface area (Å²) in [6, 6.07) is 0. The van der Waals surface area contributed by atoms with E-state index in [1.54, 1.807) is 5.57 Å². The van der Waals surface area contributed by atoms with Crippen LogP contribution in [0.2, 0.25) is 0 Å². The highest BCUT2D eigenvalue weighted by atomic mass is 16.6. The number of allylic oxidation sites excluding steroid dienone is 1. The zero-order valence-corrected chi connectivity index (χ0v) is 15.8. The molecule has 25 heavy (non-hydrogen) atoms. The normalized spacial score (nSPS) is 57.8. The first-order valence-electron chi connectivity index (χ1n) is 10.6. The third-order valence-corrected chi connectivity index (χ3v) is 9.54. The van der Waals surface area contributed by atoms with E-state index in [4.69, 9.17) is 4.74 Å². The maximum atomic E-state index is 10.1. The molecule has 4 fully saturated rings. The van der Waals surface area contributed by atoms with Crippen molar-refractivity contribution in [2.75, 3.05) is 0 Å². The molecule has 3 saturated carbocycles. The van der Waals surface area contributed by atoms with Crippen molar-refractivity contribution >= 4 is 0 Å². The van der Waals surface area contributed by atoms with Gasteiger partial charge in [-0.25, -0.2) is 0 Å². The van der Waals surface area contributed by atoms with Crippen LogP contribution in [0.5, 0.6) is 0 Å². The van der Waals surface area contributed by atoms with Crippen LogP contribution in [0.25, 0.3) is 0 Å². The molecular weight excluding hydrogens is 312 g/mol. The molecule has 0 aromatic carbocycles. The highest BCUT2D eigenvalue weighted by molar-refractivity contribution is 5.26. The highest BCUT2D eigenvalue weighted by Crippen LogP contribution is 2.69. The van der Waals surface area contributed by atoms with Crippen molar-refractivity contribution in [2.45, 2.75) is 96.1 Å². The minimum absolute atomic E-state index is 0.0537. The third kappa shape index (κ3) is 2.09. The maximum Gasteiger partial charge on any atom is 0.155 e. The third-order valence-electron chi connectivity index (χ3n) is 9.54. The standard InChI is InChI=1S/C22H34O3/c1-20-9-5-15(23)13-14(20)3-4-16-17(20)6-10-21(2)18(16)7-11-22(21)12-8-19(24)25-22/h13,15-19,23-24H,3-12H2,1-2H3/t15-,16-,17+,18+,19-,20+,21+,22-/m1/s1. The van der Waals surface area contributed by atoms with Crippen molar-refractivity contribution in [1.82, 2.24) is 0 Å². The van der Waals surface area contributed by atoms with E-state index < -0.39 is 6.29 Å². The van der Waals surface area contributed by atoms with Gasteiger partial charge in [-0.3, -0.25) is 0 Å². The molecule has 2 N–H and O–H groups in total. The van der Waals surface area contributed by atoms with Crippen LogP contribution >= 0.6 is 0 Å². The average molecular weight is 347 g/mol. The molecule has 3 nitrogen and oxygen atoms in total. The number of rotatable bonds is 0. The quantitative estimate of drug-likeness (QED) is 0.647. The molecule has 1 spiro atoms. The Balaban J connectivity index is 1.47. The molecule has 0 radical (unpaired) electrons. The molecule has 1 heterocycles. The summed E-state index contributed by atoms with van der Waals surface area (Å²) in [4.78, 5) is 0. The van der Waals surface area contributed by atoms with Gasteiger partial charge in [0.2, 0.25) is 0 Å². The molecule has 0 amide bonds. The van der Waals surface area contributed by atoms with E-state index in [9.17, 15) is 10.2 Å². The van der Waals surface area contributed by atoms with E-state index in [0.717, 1.165) is 49.9 Å². The van der Waals surface area contributed by atoms with Crippen molar-refractivity contribution in [2.24, 2.45) is 28.6 Å². The van der Waals surface area contributed by atoms with Gasteiger partial charge in [-0.2, -0.15) is 0 Å². The van der Waals surface area contributed by atoms with Crippen molar-refractivity contribution in [3.05, 3.63) is 11.6 Å². The van der Waals surface area contributed by atoms with Crippen LogP contribution in [0, 0.1) is 28.6 Å². The lowest BCUT2D eigenvalue weighted by molar-refractivity contribution is -0.195. The minimum Gasteiger partial charge on any atom is -0.389 e. The lowest BCUT2D eigenvalue weighted by Crippen LogP contribution is -2.54. The van der Waals surface area contributed by atoms with Gasteiger partial charge in [0.1, 0.15) is 0 Å². The fourth-order valence-corrected chi connectivity index (χ4v) is 8.14. The predicted molar refractivity (Wildman–Crippen MR) is 96.8 cm³/mol. The van der Waals surface area contributed by atoms with E-state index in [-0.39, 0.29) is 17.1 Å². The summed E-state index contributed by atoms with van der Waals surface area (Å²) in [6.45, 7) is 4.97. The highest BCUT2D eigenvalue weighted by Gasteiger charge is 2.66. The van der Waals surface area contributed by atoms with Gasteiger partial charge in [0.25, 0.3) is 0 Å². The first-order valence-corrected chi connectivity index (χ1v) is 10.6. The molecule has 5 aliphatic rings. The number of ether oxygens (including phenoxy) is 1. The smallest absolute Gasteiger partial charge is 0.155 e. The SMILES string of the molecule is C[C@]12CC[C@@H](O)C=C1CC[C@@H]1[C@@H]2CC[C@@]2(C)[C@H]1CC[C@@]21CC[C@H](O)O1. The van der Waals surface area contributed by atoms with E-state index in [0.29, 0.717) is 5.41 Å². The number of aliphatic hydroxyl groups excluding tert-OH is 2. The Labute approximate surface area is 151 Å². The summed E-state index contributed by atoms with van der Waals surface area (Å²) in [7, 11) is 0. The average Bonchev–Trinajstić information content (AvgIpc) is 3.10. The van der Waals surface area contributed by atoms with E-state index in [1.807, 2.05) is 0 Å². The Kier molecular flexibility index (Phi) is 3.57. The molecule has 5 rings (SSSR count). The number of aliphatic hydroxyl groups is 2. The zero-order chi connectivity index (χ0) is 17.4. The Hall–Kier alpha value is -0.380. The molecule has 1 saturated heterocycles. The molecule has 140 valence electrons. The summed E-state index contributed by atoms with van der Waals surface area (Å²) in [5.41, 5.74) is 2.06. The lowest BCUT2D eigenvalue weighted by atomic mass is 9.46. The van der Waals surface area contributed by atoms with Gasteiger partial charge >= 0.3 is 0 Å². The summed E-state index contributed by atoms with van der Waals surface area (Å²) < 4.78 is 6.22. The molecule has 0 unspecified atom stereocenters. The van der Waals surface area contributed by atoms with Gasteiger partial charge in [0.15, 0.2) is 6.29 Å². The molecule has 0 bridgehead atoms. The Morgan fingerprint density at radius 1 is 0.920 bits per heavy atom. The monoisotopic (exact) mass is 346 g/mol. The number of hydrogen-bond acceptors (Lipinski definition) is 3. The largest absolute Gasteiger partial charge is 0.389 e. The minimum atomic E-state index is -0.536. The molecule has 1 aliphatic heterocycles. The second-order valence-electron chi connectivity index (χ2n) is 10.2. The molecule has 8 atom stereocenters.